The first-order valence-electron chi connectivity index (χ1n) is 9.82. The van der Waals surface area contributed by atoms with Crippen LogP contribution in [0.25, 0.3) is 6.08 Å². The minimum Gasteiger partial charge on any atom is -0.494 e. The summed E-state index contributed by atoms with van der Waals surface area (Å²) in [5.41, 5.74) is 0.232. The van der Waals surface area contributed by atoms with E-state index in [0.717, 1.165) is 38.8 Å². The molecule has 0 unspecified atom stereocenters. The van der Waals surface area contributed by atoms with Crippen LogP contribution in [0.2, 0.25) is 0 Å². The SMILES string of the molecule is CC(C)(C)OC(=O)N1CCC(CCCOc2ccc3c(c2)C=CS3(=O)=O)CC1. The molecular weight excluding hydrogens is 378 g/mol. The van der Waals surface area contributed by atoms with Crippen LogP contribution >= 0.6 is 0 Å². The van der Waals surface area contributed by atoms with Gasteiger partial charge in [0.25, 0.3) is 0 Å². The Hall–Kier alpha value is -2.02. The third-order valence-electron chi connectivity index (χ3n) is 5.01. The monoisotopic (exact) mass is 407 g/mol. The number of ether oxygens (including phenoxy) is 2. The highest BCUT2D eigenvalue weighted by Crippen LogP contribution is 2.30. The molecule has 1 saturated heterocycles. The molecule has 0 aliphatic carbocycles. The van der Waals surface area contributed by atoms with Crippen molar-refractivity contribution in [3.05, 3.63) is 29.2 Å². The van der Waals surface area contributed by atoms with E-state index < -0.39 is 15.4 Å². The standard InChI is InChI=1S/C21H29NO5S/c1-21(2,3)27-20(23)22-11-8-16(9-12-22)5-4-13-26-18-6-7-19-17(15-18)10-14-28(19,24)25/h6-7,10,14-16H,4-5,8-9,11-13H2,1-3H3. The minimum absolute atomic E-state index is 0.220. The largest absolute Gasteiger partial charge is 0.494 e. The van der Waals surface area contributed by atoms with Gasteiger partial charge in [0.2, 0.25) is 0 Å². The Morgan fingerprint density at radius 3 is 2.61 bits per heavy atom. The van der Waals surface area contributed by atoms with Gasteiger partial charge in [-0.2, -0.15) is 0 Å². The molecular formula is C21H29NO5S. The van der Waals surface area contributed by atoms with Gasteiger partial charge >= 0.3 is 6.09 Å². The summed E-state index contributed by atoms with van der Waals surface area (Å²) >= 11 is 0. The van der Waals surface area contributed by atoms with Crippen LogP contribution < -0.4 is 4.74 Å². The summed E-state index contributed by atoms with van der Waals surface area (Å²) in [5, 5.41) is 1.23. The van der Waals surface area contributed by atoms with Crippen LogP contribution in [0.15, 0.2) is 28.5 Å². The summed E-state index contributed by atoms with van der Waals surface area (Å²) in [6.07, 6.45) is 5.35. The van der Waals surface area contributed by atoms with Crippen molar-refractivity contribution in [3.8, 4) is 5.75 Å². The number of amides is 1. The quantitative estimate of drug-likeness (QED) is 0.682. The summed E-state index contributed by atoms with van der Waals surface area (Å²) in [6, 6.07) is 5.09. The molecule has 2 aliphatic rings. The van der Waals surface area contributed by atoms with Gasteiger partial charge in [0.15, 0.2) is 9.84 Å². The highest BCUT2D eigenvalue weighted by atomic mass is 32.2. The van der Waals surface area contributed by atoms with Crippen molar-refractivity contribution in [1.29, 1.82) is 0 Å². The zero-order valence-electron chi connectivity index (χ0n) is 16.8. The van der Waals surface area contributed by atoms with Gasteiger partial charge in [0.1, 0.15) is 11.4 Å². The van der Waals surface area contributed by atoms with Crippen LogP contribution in [-0.2, 0) is 14.6 Å². The molecule has 0 N–H and O–H groups in total. The summed E-state index contributed by atoms with van der Waals surface area (Å²) in [6.45, 7) is 7.73. The lowest BCUT2D eigenvalue weighted by atomic mass is 9.92. The third kappa shape index (κ3) is 5.28. The highest BCUT2D eigenvalue weighted by molar-refractivity contribution is 7.94. The number of likely N-dealkylation sites (tertiary alicyclic amines) is 1. The van der Waals surface area contributed by atoms with Gasteiger partial charge in [-0.1, -0.05) is 0 Å². The van der Waals surface area contributed by atoms with Crippen LogP contribution in [-0.4, -0.2) is 44.7 Å². The number of piperidine rings is 1. The molecule has 0 bridgehead atoms. The molecule has 0 aromatic heterocycles. The van der Waals surface area contributed by atoms with Gasteiger partial charge in [-0.3, -0.25) is 0 Å². The van der Waals surface area contributed by atoms with Crippen molar-refractivity contribution < 1.29 is 22.7 Å². The number of carbonyl (C=O) groups is 1. The van der Waals surface area contributed by atoms with Crippen molar-refractivity contribution in [2.45, 2.75) is 57.0 Å². The van der Waals surface area contributed by atoms with E-state index in [0.29, 0.717) is 28.7 Å². The first-order chi connectivity index (χ1) is 13.1. The van der Waals surface area contributed by atoms with Crippen molar-refractivity contribution >= 4 is 22.0 Å². The van der Waals surface area contributed by atoms with E-state index in [9.17, 15) is 13.2 Å². The fraction of sp³-hybridized carbons (Fsp3) is 0.571. The number of sulfone groups is 1. The number of nitrogens with zero attached hydrogens (tertiary/aromatic N) is 1. The Morgan fingerprint density at radius 1 is 1.21 bits per heavy atom. The molecule has 0 atom stereocenters. The Labute approximate surface area is 167 Å². The first kappa shape index (κ1) is 20.7. The van der Waals surface area contributed by atoms with Gasteiger partial charge in [-0.15, -0.1) is 0 Å². The first-order valence-corrected chi connectivity index (χ1v) is 11.4. The van der Waals surface area contributed by atoms with Crippen molar-refractivity contribution in [2.24, 2.45) is 5.92 Å². The normalized spacial score (nSPS) is 18.8. The molecule has 1 aromatic carbocycles. The van der Waals surface area contributed by atoms with Gasteiger partial charge in [-0.25, -0.2) is 13.2 Å². The number of fused-ring (bicyclic) bond motifs is 1. The molecule has 3 rings (SSSR count). The zero-order chi connectivity index (χ0) is 20.4. The van der Waals surface area contributed by atoms with Gasteiger partial charge in [-0.05, 0) is 82.2 Å². The van der Waals surface area contributed by atoms with Crippen molar-refractivity contribution in [3.63, 3.8) is 0 Å². The van der Waals surface area contributed by atoms with E-state index in [1.165, 1.54) is 5.41 Å². The zero-order valence-corrected chi connectivity index (χ0v) is 17.6. The number of hydrogen-bond donors (Lipinski definition) is 0. The van der Waals surface area contributed by atoms with E-state index >= 15 is 0 Å². The third-order valence-corrected chi connectivity index (χ3v) is 6.49. The average molecular weight is 408 g/mol. The second-order valence-electron chi connectivity index (χ2n) is 8.45. The fourth-order valence-electron chi connectivity index (χ4n) is 3.53. The summed E-state index contributed by atoms with van der Waals surface area (Å²) in [5.74, 6) is 1.29. The molecule has 6 nitrogen and oxygen atoms in total. The molecule has 1 amide bonds. The van der Waals surface area contributed by atoms with Gasteiger partial charge in [0, 0.05) is 18.5 Å². The van der Waals surface area contributed by atoms with E-state index in [1.807, 2.05) is 20.8 Å². The Morgan fingerprint density at radius 2 is 1.93 bits per heavy atom. The number of carbonyl (C=O) groups excluding carboxylic acids is 1. The fourth-order valence-corrected chi connectivity index (χ4v) is 4.72. The highest BCUT2D eigenvalue weighted by Gasteiger charge is 2.26. The number of hydrogen-bond acceptors (Lipinski definition) is 5. The lowest BCUT2D eigenvalue weighted by Gasteiger charge is -2.33. The molecule has 154 valence electrons. The second-order valence-corrected chi connectivity index (χ2v) is 10.3. The number of rotatable bonds is 5. The van der Waals surface area contributed by atoms with E-state index in [1.54, 1.807) is 29.2 Å². The molecule has 2 heterocycles. The Kier molecular flexibility index (Phi) is 6.03. The number of benzene rings is 1. The van der Waals surface area contributed by atoms with Crippen LogP contribution in [0.5, 0.6) is 5.75 Å². The minimum atomic E-state index is -3.26. The molecule has 1 aromatic rings. The Balaban J connectivity index is 1.37. The lowest BCUT2D eigenvalue weighted by molar-refractivity contribution is 0.0179. The smallest absolute Gasteiger partial charge is 0.410 e. The molecule has 28 heavy (non-hydrogen) atoms. The predicted molar refractivity (Wildman–Crippen MR) is 108 cm³/mol. The summed E-state index contributed by atoms with van der Waals surface area (Å²) in [7, 11) is -3.26. The molecule has 2 aliphatic heterocycles. The average Bonchev–Trinajstić information content (AvgIpc) is 2.92. The van der Waals surface area contributed by atoms with Crippen LogP contribution in [0.4, 0.5) is 4.79 Å². The summed E-state index contributed by atoms with van der Waals surface area (Å²) < 4.78 is 34.8. The van der Waals surface area contributed by atoms with Crippen LogP contribution in [0, 0.1) is 5.92 Å². The predicted octanol–water partition coefficient (Wildman–Crippen LogP) is 4.25. The van der Waals surface area contributed by atoms with Gasteiger partial charge < -0.3 is 14.4 Å². The van der Waals surface area contributed by atoms with E-state index in [4.69, 9.17) is 9.47 Å². The molecule has 0 radical (unpaired) electrons. The maximum Gasteiger partial charge on any atom is 0.410 e. The maximum absolute atomic E-state index is 12.1. The summed E-state index contributed by atoms with van der Waals surface area (Å²) in [4.78, 5) is 14.2. The van der Waals surface area contributed by atoms with Crippen molar-refractivity contribution in [2.75, 3.05) is 19.7 Å². The maximum atomic E-state index is 12.1. The van der Waals surface area contributed by atoms with Crippen molar-refractivity contribution in [1.82, 2.24) is 4.90 Å². The Bertz CT molecular complexity index is 846. The van der Waals surface area contributed by atoms with E-state index in [-0.39, 0.29) is 6.09 Å². The topological polar surface area (TPSA) is 72.9 Å². The lowest BCUT2D eigenvalue weighted by Crippen LogP contribution is -2.41. The van der Waals surface area contributed by atoms with Gasteiger partial charge in [0.05, 0.1) is 11.5 Å². The molecule has 0 spiro atoms. The van der Waals surface area contributed by atoms with E-state index in [2.05, 4.69) is 0 Å². The molecule has 7 heteroatoms. The molecule has 1 fully saturated rings. The second kappa shape index (κ2) is 8.15. The van der Waals surface area contributed by atoms with Crippen LogP contribution in [0.1, 0.15) is 52.0 Å². The molecule has 0 saturated carbocycles. The van der Waals surface area contributed by atoms with Crippen LogP contribution in [0.3, 0.4) is 0 Å².